The van der Waals surface area contributed by atoms with Crippen LogP contribution in [0.2, 0.25) is 0 Å². The molecule has 0 aliphatic heterocycles. The number of fused-ring (bicyclic) bond motifs is 4. The van der Waals surface area contributed by atoms with Crippen LogP contribution < -0.4 is 4.90 Å². The Morgan fingerprint density at radius 1 is 0.490 bits per heavy atom. The first-order valence-electron chi connectivity index (χ1n) is 18.6. The van der Waals surface area contributed by atoms with Gasteiger partial charge in [0.1, 0.15) is 0 Å². The molecular formula is C48H45N. The van der Waals surface area contributed by atoms with Gasteiger partial charge in [-0.15, -0.1) is 0 Å². The summed E-state index contributed by atoms with van der Waals surface area (Å²) in [6.45, 7) is 7.07. The van der Waals surface area contributed by atoms with Crippen molar-refractivity contribution in [1.82, 2.24) is 0 Å². The van der Waals surface area contributed by atoms with Crippen LogP contribution in [0.3, 0.4) is 0 Å². The molecule has 0 aromatic heterocycles. The lowest BCUT2D eigenvalue weighted by Gasteiger charge is -2.57. The second-order valence-electron chi connectivity index (χ2n) is 16.5. The Morgan fingerprint density at radius 3 is 1.78 bits per heavy atom. The molecule has 0 atom stereocenters. The molecule has 0 amide bonds. The molecule has 0 unspecified atom stereocenters. The monoisotopic (exact) mass is 635 g/mol. The molecular weight excluding hydrogens is 591 g/mol. The lowest BCUT2D eigenvalue weighted by molar-refractivity contribution is -0.00491. The zero-order valence-electron chi connectivity index (χ0n) is 29.0. The van der Waals surface area contributed by atoms with Crippen molar-refractivity contribution in [3.63, 3.8) is 0 Å². The van der Waals surface area contributed by atoms with E-state index >= 15 is 0 Å². The Bertz CT molecular complexity index is 2230. The number of rotatable bonds is 5. The van der Waals surface area contributed by atoms with E-state index in [1.165, 1.54) is 105 Å². The van der Waals surface area contributed by atoms with Crippen LogP contribution in [0.1, 0.15) is 74.6 Å². The standard InChI is InChI=1S/C48H45N/c1-31-12-4-7-15-38(31)41-25-35-13-5-6-14-36(35)26-46(41)49(37-20-21-40-39-16-8-9-17-42(39)47(2,3)44(40)27-37)45-19-11-10-18-43(45)48-28-32-22-33(29-48)24-34(23-32)30-48/h4-21,25-27,32-34H,22-24,28-30H2,1-3H3. The van der Waals surface area contributed by atoms with Crippen LogP contribution in [0.25, 0.3) is 33.0 Å². The molecule has 4 saturated carbocycles. The molecule has 0 N–H and O–H groups in total. The van der Waals surface area contributed by atoms with Gasteiger partial charge in [0.05, 0.1) is 5.69 Å². The molecule has 4 fully saturated rings. The second kappa shape index (κ2) is 10.7. The van der Waals surface area contributed by atoms with E-state index in [1.807, 2.05) is 0 Å². The first kappa shape index (κ1) is 29.3. The Balaban J connectivity index is 1.26. The molecule has 11 rings (SSSR count). The minimum absolute atomic E-state index is 0.0741. The average Bonchev–Trinajstić information content (AvgIpc) is 3.34. The molecule has 5 aliphatic carbocycles. The quantitative estimate of drug-likeness (QED) is 0.182. The minimum atomic E-state index is -0.0741. The summed E-state index contributed by atoms with van der Waals surface area (Å²) in [5, 5.41) is 2.56. The third-order valence-corrected chi connectivity index (χ3v) is 13.1. The maximum Gasteiger partial charge on any atom is 0.0546 e. The molecule has 0 radical (unpaired) electrons. The zero-order valence-corrected chi connectivity index (χ0v) is 29.0. The molecule has 0 heterocycles. The SMILES string of the molecule is Cc1ccccc1-c1cc2ccccc2cc1N(c1ccc2c(c1)C(C)(C)c1ccccc1-2)c1ccccc1C12CC3CC(CC(C3)C1)C2. The van der Waals surface area contributed by atoms with Gasteiger partial charge in [-0.1, -0.05) is 111 Å². The van der Waals surface area contributed by atoms with Crippen molar-refractivity contribution in [1.29, 1.82) is 0 Å². The fourth-order valence-corrected chi connectivity index (χ4v) is 11.3. The largest absolute Gasteiger partial charge is 0.310 e. The van der Waals surface area contributed by atoms with Gasteiger partial charge < -0.3 is 4.90 Å². The van der Waals surface area contributed by atoms with Gasteiger partial charge in [-0.25, -0.2) is 0 Å². The summed E-state index contributed by atoms with van der Waals surface area (Å²) in [5.74, 6) is 2.65. The fraction of sp³-hybridized carbons (Fsp3) is 0.292. The van der Waals surface area contributed by atoms with Gasteiger partial charge in [0.15, 0.2) is 0 Å². The molecule has 49 heavy (non-hydrogen) atoms. The summed E-state index contributed by atoms with van der Waals surface area (Å²) in [6.07, 6.45) is 8.39. The number of hydrogen-bond donors (Lipinski definition) is 0. The molecule has 1 nitrogen and oxygen atoms in total. The third-order valence-electron chi connectivity index (χ3n) is 13.1. The first-order valence-corrected chi connectivity index (χ1v) is 18.6. The summed E-state index contributed by atoms with van der Waals surface area (Å²) in [6, 6.07) is 48.7. The highest BCUT2D eigenvalue weighted by Gasteiger charge is 2.52. The number of para-hydroxylation sites is 1. The maximum absolute atomic E-state index is 2.67. The average molecular weight is 636 g/mol. The number of anilines is 3. The third kappa shape index (κ3) is 4.44. The predicted molar refractivity (Wildman–Crippen MR) is 206 cm³/mol. The molecule has 242 valence electrons. The second-order valence-corrected chi connectivity index (χ2v) is 16.5. The van der Waals surface area contributed by atoms with Gasteiger partial charge in [0, 0.05) is 22.4 Å². The number of benzene rings is 6. The molecule has 5 aliphatic rings. The Labute approximate surface area is 291 Å². The molecule has 6 aromatic rings. The number of nitrogens with zero attached hydrogens (tertiary/aromatic N) is 1. The number of hydrogen-bond acceptors (Lipinski definition) is 1. The van der Waals surface area contributed by atoms with E-state index in [0.717, 1.165) is 17.8 Å². The molecule has 6 aromatic carbocycles. The number of aryl methyl sites for hydroxylation is 1. The van der Waals surface area contributed by atoms with Crippen LogP contribution in [0.15, 0.2) is 127 Å². The van der Waals surface area contributed by atoms with Crippen LogP contribution in [0, 0.1) is 24.7 Å². The van der Waals surface area contributed by atoms with Crippen LogP contribution in [-0.2, 0) is 10.8 Å². The highest BCUT2D eigenvalue weighted by atomic mass is 15.1. The van der Waals surface area contributed by atoms with Crippen LogP contribution in [-0.4, -0.2) is 0 Å². The summed E-state index contributed by atoms with van der Waals surface area (Å²) >= 11 is 0. The van der Waals surface area contributed by atoms with Crippen LogP contribution in [0.4, 0.5) is 17.1 Å². The van der Waals surface area contributed by atoms with Gasteiger partial charge in [-0.05, 0) is 149 Å². The molecule has 0 spiro atoms. The van der Waals surface area contributed by atoms with Gasteiger partial charge in [-0.3, -0.25) is 0 Å². The normalized spacial score (nSPS) is 24.2. The van der Waals surface area contributed by atoms with Gasteiger partial charge in [0.2, 0.25) is 0 Å². The molecule has 4 bridgehead atoms. The summed E-state index contributed by atoms with van der Waals surface area (Å²) in [7, 11) is 0. The summed E-state index contributed by atoms with van der Waals surface area (Å²) < 4.78 is 0. The smallest absolute Gasteiger partial charge is 0.0546 e. The van der Waals surface area contributed by atoms with Gasteiger partial charge in [0.25, 0.3) is 0 Å². The lowest BCUT2D eigenvalue weighted by Crippen LogP contribution is -2.48. The van der Waals surface area contributed by atoms with Gasteiger partial charge in [-0.2, -0.15) is 0 Å². The van der Waals surface area contributed by atoms with Gasteiger partial charge >= 0.3 is 0 Å². The lowest BCUT2D eigenvalue weighted by atomic mass is 9.48. The Morgan fingerprint density at radius 2 is 1.06 bits per heavy atom. The van der Waals surface area contributed by atoms with E-state index in [0.29, 0.717) is 0 Å². The van der Waals surface area contributed by atoms with Crippen molar-refractivity contribution < 1.29 is 0 Å². The minimum Gasteiger partial charge on any atom is -0.310 e. The fourth-order valence-electron chi connectivity index (χ4n) is 11.3. The van der Waals surface area contributed by atoms with Crippen LogP contribution in [0.5, 0.6) is 0 Å². The van der Waals surface area contributed by atoms with E-state index in [1.54, 1.807) is 5.56 Å². The summed E-state index contributed by atoms with van der Waals surface area (Å²) in [5.41, 5.74) is 15.1. The van der Waals surface area contributed by atoms with E-state index in [4.69, 9.17) is 0 Å². The van der Waals surface area contributed by atoms with Crippen molar-refractivity contribution in [2.24, 2.45) is 17.8 Å². The molecule has 0 saturated heterocycles. The Kier molecular flexibility index (Phi) is 6.39. The maximum atomic E-state index is 2.67. The van der Waals surface area contributed by atoms with Crippen molar-refractivity contribution in [3.8, 4) is 22.3 Å². The predicted octanol–water partition coefficient (Wildman–Crippen LogP) is 13.1. The van der Waals surface area contributed by atoms with E-state index in [-0.39, 0.29) is 10.8 Å². The van der Waals surface area contributed by atoms with Crippen LogP contribution >= 0.6 is 0 Å². The highest BCUT2D eigenvalue weighted by Crippen LogP contribution is 2.63. The molecule has 1 heteroatoms. The van der Waals surface area contributed by atoms with E-state index in [9.17, 15) is 0 Å². The van der Waals surface area contributed by atoms with E-state index in [2.05, 4.69) is 153 Å². The van der Waals surface area contributed by atoms with Crippen molar-refractivity contribution >= 4 is 27.8 Å². The summed E-state index contributed by atoms with van der Waals surface area (Å²) in [4.78, 5) is 2.67. The highest BCUT2D eigenvalue weighted by molar-refractivity contribution is 5.99. The van der Waals surface area contributed by atoms with Crippen molar-refractivity contribution in [3.05, 3.63) is 150 Å². The topological polar surface area (TPSA) is 3.24 Å². The van der Waals surface area contributed by atoms with Crippen molar-refractivity contribution in [2.45, 2.75) is 70.1 Å². The van der Waals surface area contributed by atoms with Crippen molar-refractivity contribution in [2.75, 3.05) is 4.90 Å². The van der Waals surface area contributed by atoms with E-state index < -0.39 is 0 Å². The first-order chi connectivity index (χ1) is 23.9. The Hall–Kier alpha value is -4.62. The zero-order chi connectivity index (χ0) is 32.9.